The van der Waals surface area contributed by atoms with E-state index >= 15 is 0 Å². The average molecular weight is 251 g/mol. The molecule has 0 amide bonds. The van der Waals surface area contributed by atoms with Crippen LogP contribution in [-0.4, -0.2) is 18.8 Å². The molecule has 0 aliphatic carbocycles. The minimum atomic E-state index is -0.601. The lowest BCUT2D eigenvalue weighted by Crippen LogP contribution is -2.35. The van der Waals surface area contributed by atoms with Crippen molar-refractivity contribution in [1.82, 2.24) is 0 Å². The zero-order chi connectivity index (χ0) is 13.1. The molecule has 1 heterocycles. The van der Waals surface area contributed by atoms with Gasteiger partial charge in [0.25, 0.3) is 0 Å². The van der Waals surface area contributed by atoms with Crippen molar-refractivity contribution in [2.24, 2.45) is 11.7 Å². The van der Waals surface area contributed by atoms with E-state index < -0.39 is 12.0 Å². The van der Waals surface area contributed by atoms with Gasteiger partial charge in [0.1, 0.15) is 11.8 Å². The molecule has 1 aromatic carbocycles. The van der Waals surface area contributed by atoms with E-state index in [9.17, 15) is 4.79 Å². The van der Waals surface area contributed by atoms with Crippen LogP contribution in [0, 0.1) is 5.92 Å². The molecule has 2 N–H and O–H groups in total. The molecule has 98 valence electrons. The Balaban J connectivity index is 1.99. The Labute approximate surface area is 106 Å². The summed E-state index contributed by atoms with van der Waals surface area (Å²) in [6.07, 6.45) is 0.601. The first-order chi connectivity index (χ1) is 8.56. The van der Waals surface area contributed by atoms with E-state index in [1.165, 1.54) is 0 Å². The lowest BCUT2D eigenvalue weighted by molar-refractivity contribution is -0.136. The van der Waals surface area contributed by atoms with Gasteiger partial charge in [0.15, 0.2) is 11.5 Å². The Bertz CT molecular complexity index is 445. The third-order valence-electron chi connectivity index (χ3n) is 2.59. The summed E-state index contributed by atoms with van der Waals surface area (Å²) in [6, 6.07) is 4.39. The maximum atomic E-state index is 11.7. The molecule has 0 spiro atoms. The summed E-state index contributed by atoms with van der Waals surface area (Å²) in [5, 5.41) is 0. The fourth-order valence-corrected chi connectivity index (χ4v) is 1.74. The quantitative estimate of drug-likeness (QED) is 0.651. The van der Waals surface area contributed by atoms with E-state index in [1.807, 2.05) is 13.8 Å². The summed E-state index contributed by atoms with van der Waals surface area (Å²) in [5.41, 5.74) is 5.75. The number of rotatable bonds is 4. The smallest absolute Gasteiger partial charge is 0.328 e. The maximum absolute atomic E-state index is 11.7. The molecular weight excluding hydrogens is 234 g/mol. The van der Waals surface area contributed by atoms with Gasteiger partial charge in [-0.2, -0.15) is 0 Å². The van der Waals surface area contributed by atoms with Gasteiger partial charge in [-0.05, 0) is 24.5 Å². The van der Waals surface area contributed by atoms with Gasteiger partial charge in [-0.25, -0.2) is 4.79 Å². The lowest BCUT2D eigenvalue weighted by atomic mass is 10.1. The van der Waals surface area contributed by atoms with E-state index in [0.29, 0.717) is 29.6 Å². The normalized spacial score (nSPS) is 14.7. The van der Waals surface area contributed by atoms with Gasteiger partial charge < -0.3 is 19.9 Å². The molecule has 2 rings (SSSR count). The number of hydrogen-bond acceptors (Lipinski definition) is 5. The largest absolute Gasteiger partial charge is 0.454 e. The standard InChI is InChI=1S/C13H17NO4/c1-8(2)5-10(14)13(15)18-9-3-4-11-12(6-9)17-7-16-11/h3-4,6,8,10H,5,7,14H2,1-2H3. The topological polar surface area (TPSA) is 70.8 Å². The summed E-state index contributed by atoms with van der Waals surface area (Å²) >= 11 is 0. The Kier molecular flexibility index (Phi) is 3.72. The van der Waals surface area contributed by atoms with E-state index in [2.05, 4.69) is 0 Å². The fraction of sp³-hybridized carbons (Fsp3) is 0.462. The highest BCUT2D eigenvalue weighted by Crippen LogP contribution is 2.35. The highest BCUT2D eigenvalue weighted by Gasteiger charge is 2.19. The summed E-state index contributed by atoms with van der Waals surface area (Å²) in [4.78, 5) is 11.7. The average Bonchev–Trinajstić information content (AvgIpc) is 2.75. The Hall–Kier alpha value is -1.75. The van der Waals surface area contributed by atoms with Gasteiger partial charge in [-0.1, -0.05) is 13.8 Å². The molecule has 0 radical (unpaired) electrons. The molecule has 0 saturated heterocycles. The van der Waals surface area contributed by atoms with Gasteiger partial charge in [0, 0.05) is 6.07 Å². The van der Waals surface area contributed by atoms with E-state index in [4.69, 9.17) is 19.9 Å². The van der Waals surface area contributed by atoms with Crippen molar-refractivity contribution in [3.63, 3.8) is 0 Å². The van der Waals surface area contributed by atoms with Crippen molar-refractivity contribution < 1.29 is 19.0 Å². The second kappa shape index (κ2) is 5.27. The Morgan fingerprint density at radius 3 is 2.83 bits per heavy atom. The van der Waals surface area contributed by atoms with Crippen LogP contribution in [0.3, 0.4) is 0 Å². The first kappa shape index (κ1) is 12.7. The highest BCUT2D eigenvalue weighted by atomic mass is 16.7. The predicted molar refractivity (Wildman–Crippen MR) is 65.6 cm³/mol. The third kappa shape index (κ3) is 2.92. The van der Waals surface area contributed by atoms with E-state index in [0.717, 1.165) is 0 Å². The molecule has 0 bridgehead atoms. The molecule has 18 heavy (non-hydrogen) atoms. The molecule has 1 unspecified atom stereocenters. The number of benzene rings is 1. The van der Waals surface area contributed by atoms with Crippen molar-refractivity contribution in [3.8, 4) is 17.2 Å². The zero-order valence-electron chi connectivity index (χ0n) is 10.5. The molecule has 1 aliphatic rings. The second-order valence-electron chi connectivity index (χ2n) is 4.67. The maximum Gasteiger partial charge on any atom is 0.328 e. The summed E-state index contributed by atoms with van der Waals surface area (Å²) in [6.45, 7) is 4.21. The van der Waals surface area contributed by atoms with Crippen LogP contribution in [0.2, 0.25) is 0 Å². The van der Waals surface area contributed by atoms with Crippen molar-refractivity contribution in [1.29, 1.82) is 0 Å². The van der Waals surface area contributed by atoms with Crippen molar-refractivity contribution in [3.05, 3.63) is 18.2 Å². The zero-order valence-corrected chi connectivity index (χ0v) is 10.5. The van der Waals surface area contributed by atoms with Gasteiger partial charge >= 0.3 is 5.97 Å². The van der Waals surface area contributed by atoms with Crippen LogP contribution < -0.4 is 19.9 Å². The molecule has 5 nitrogen and oxygen atoms in total. The minimum absolute atomic E-state index is 0.194. The summed E-state index contributed by atoms with van der Waals surface area (Å²) in [7, 11) is 0. The number of carbonyl (C=O) groups is 1. The molecule has 0 aromatic heterocycles. The number of fused-ring (bicyclic) bond motifs is 1. The van der Waals surface area contributed by atoms with Crippen molar-refractivity contribution >= 4 is 5.97 Å². The molecule has 1 atom stereocenters. The number of esters is 1. The summed E-state index contributed by atoms with van der Waals surface area (Å²) < 4.78 is 15.6. The molecule has 5 heteroatoms. The second-order valence-corrected chi connectivity index (χ2v) is 4.67. The van der Waals surface area contributed by atoms with Crippen LogP contribution in [-0.2, 0) is 4.79 Å². The summed E-state index contributed by atoms with van der Waals surface area (Å²) in [5.74, 6) is 1.58. The van der Waals surface area contributed by atoms with Crippen LogP contribution in [0.1, 0.15) is 20.3 Å². The van der Waals surface area contributed by atoms with Crippen LogP contribution in [0.25, 0.3) is 0 Å². The predicted octanol–water partition coefficient (Wildman–Crippen LogP) is 1.69. The number of ether oxygens (including phenoxy) is 3. The van der Waals surface area contributed by atoms with Crippen molar-refractivity contribution in [2.75, 3.05) is 6.79 Å². The number of hydrogen-bond donors (Lipinski definition) is 1. The highest BCUT2D eigenvalue weighted by molar-refractivity contribution is 5.78. The number of nitrogens with two attached hydrogens (primary N) is 1. The third-order valence-corrected chi connectivity index (χ3v) is 2.59. The van der Waals surface area contributed by atoms with Gasteiger partial charge in [-0.3, -0.25) is 0 Å². The molecular formula is C13H17NO4. The first-order valence-corrected chi connectivity index (χ1v) is 5.93. The van der Waals surface area contributed by atoms with Crippen molar-refractivity contribution in [2.45, 2.75) is 26.3 Å². The van der Waals surface area contributed by atoms with Crippen LogP contribution >= 0.6 is 0 Å². The van der Waals surface area contributed by atoms with Crippen LogP contribution in [0.15, 0.2) is 18.2 Å². The SMILES string of the molecule is CC(C)CC(N)C(=O)Oc1ccc2c(c1)OCO2. The Morgan fingerprint density at radius 2 is 2.11 bits per heavy atom. The van der Waals surface area contributed by atoms with Crippen LogP contribution in [0.4, 0.5) is 0 Å². The molecule has 1 aliphatic heterocycles. The monoisotopic (exact) mass is 251 g/mol. The van der Waals surface area contributed by atoms with Gasteiger partial charge in [0.05, 0.1) is 0 Å². The first-order valence-electron chi connectivity index (χ1n) is 5.93. The molecule has 0 fully saturated rings. The molecule has 0 saturated carbocycles. The van der Waals surface area contributed by atoms with E-state index in [1.54, 1.807) is 18.2 Å². The molecule has 1 aromatic rings. The number of carbonyl (C=O) groups excluding carboxylic acids is 1. The fourth-order valence-electron chi connectivity index (χ4n) is 1.74. The minimum Gasteiger partial charge on any atom is -0.454 e. The van der Waals surface area contributed by atoms with Gasteiger partial charge in [0.2, 0.25) is 6.79 Å². The lowest BCUT2D eigenvalue weighted by Gasteiger charge is -2.13. The van der Waals surface area contributed by atoms with E-state index in [-0.39, 0.29) is 6.79 Å². The van der Waals surface area contributed by atoms with Gasteiger partial charge in [-0.15, -0.1) is 0 Å². The van der Waals surface area contributed by atoms with Crippen LogP contribution in [0.5, 0.6) is 17.2 Å². The Morgan fingerprint density at radius 1 is 1.39 bits per heavy atom.